The van der Waals surface area contributed by atoms with Crippen LogP contribution < -0.4 is 5.32 Å². The molecule has 0 fully saturated rings. The van der Waals surface area contributed by atoms with Gasteiger partial charge in [-0.15, -0.1) is 11.3 Å². The SMILES string of the molecule is CN(C)C(CNC(=O)c1ccc(C(F)(F)F)nc1)c1csc2ccccc12. The van der Waals surface area contributed by atoms with E-state index in [0.29, 0.717) is 6.54 Å². The van der Waals surface area contributed by atoms with Gasteiger partial charge in [-0.05, 0) is 48.6 Å². The molecule has 8 heteroatoms. The van der Waals surface area contributed by atoms with Gasteiger partial charge in [0.05, 0.1) is 11.6 Å². The summed E-state index contributed by atoms with van der Waals surface area (Å²) in [5, 5.41) is 6.00. The molecule has 0 aliphatic rings. The van der Waals surface area contributed by atoms with Crippen LogP contribution in [0.3, 0.4) is 0 Å². The maximum atomic E-state index is 12.6. The largest absolute Gasteiger partial charge is 0.433 e. The predicted octanol–water partition coefficient (Wildman–Crippen LogP) is 4.35. The third-order valence-corrected chi connectivity index (χ3v) is 5.25. The van der Waals surface area contributed by atoms with Gasteiger partial charge in [0, 0.05) is 17.4 Å². The first-order valence-corrected chi connectivity index (χ1v) is 9.09. The number of hydrogen-bond donors (Lipinski definition) is 1. The van der Waals surface area contributed by atoms with Gasteiger partial charge in [0.1, 0.15) is 5.69 Å². The zero-order chi connectivity index (χ0) is 19.6. The van der Waals surface area contributed by atoms with Gasteiger partial charge in [0.25, 0.3) is 5.91 Å². The average molecular weight is 393 g/mol. The predicted molar refractivity (Wildman–Crippen MR) is 99.8 cm³/mol. The molecule has 3 rings (SSSR count). The second-order valence-corrected chi connectivity index (χ2v) is 7.22. The third-order valence-electron chi connectivity index (χ3n) is 4.27. The van der Waals surface area contributed by atoms with Crippen molar-refractivity contribution in [2.75, 3.05) is 20.6 Å². The minimum absolute atomic E-state index is 0.0625. The summed E-state index contributed by atoms with van der Waals surface area (Å²) in [6.07, 6.45) is -3.58. The van der Waals surface area contributed by atoms with Crippen molar-refractivity contribution in [1.29, 1.82) is 0 Å². The maximum Gasteiger partial charge on any atom is 0.433 e. The van der Waals surface area contributed by atoms with E-state index in [1.165, 1.54) is 0 Å². The van der Waals surface area contributed by atoms with E-state index in [9.17, 15) is 18.0 Å². The summed E-state index contributed by atoms with van der Waals surface area (Å²) in [6.45, 7) is 0.327. The summed E-state index contributed by atoms with van der Waals surface area (Å²) in [5.41, 5.74) is 0.178. The lowest BCUT2D eigenvalue weighted by Crippen LogP contribution is -2.34. The maximum absolute atomic E-state index is 12.6. The van der Waals surface area contributed by atoms with Crippen molar-refractivity contribution in [3.63, 3.8) is 0 Å². The molecule has 2 aromatic heterocycles. The molecule has 1 amide bonds. The van der Waals surface area contributed by atoms with Crippen LogP contribution in [0.25, 0.3) is 10.1 Å². The Morgan fingerprint density at radius 2 is 1.96 bits per heavy atom. The number of rotatable bonds is 5. The van der Waals surface area contributed by atoms with E-state index in [0.717, 1.165) is 34.0 Å². The van der Waals surface area contributed by atoms with Crippen LogP contribution in [0.4, 0.5) is 13.2 Å². The summed E-state index contributed by atoms with van der Waals surface area (Å²) >= 11 is 1.64. The van der Waals surface area contributed by atoms with E-state index >= 15 is 0 Å². The zero-order valence-corrected chi connectivity index (χ0v) is 15.6. The highest BCUT2D eigenvalue weighted by Gasteiger charge is 2.32. The Bertz CT molecular complexity index is 935. The van der Waals surface area contributed by atoms with Gasteiger partial charge in [0.15, 0.2) is 0 Å². The normalized spacial score (nSPS) is 13.1. The molecule has 0 bridgehead atoms. The van der Waals surface area contributed by atoms with Crippen LogP contribution >= 0.6 is 11.3 Å². The molecule has 3 aromatic rings. The smallest absolute Gasteiger partial charge is 0.350 e. The number of carbonyl (C=O) groups is 1. The number of halogens is 3. The van der Waals surface area contributed by atoms with Gasteiger partial charge in [-0.3, -0.25) is 9.78 Å². The Labute approximate surface area is 158 Å². The first kappa shape index (κ1) is 19.3. The molecule has 0 aliphatic carbocycles. The Kier molecular flexibility index (Phi) is 5.48. The topological polar surface area (TPSA) is 45.2 Å². The molecule has 1 aromatic carbocycles. The van der Waals surface area contributed by atoms with Crippen LogP contribution in [-0.4, -0.2) is 36.4 Å². The molecule has 0 spiro atoms. The van der Waals surface area contributed by atoms with Gasteiger partial charge >= 0.3 is 6.18 Å². The van der Waals surface area contributed by atoms with E-state index in [4.69, 9.17) is 0 Å². The van der Waals surface area contributed by atoms with Crippen molar-refractivity contribution in [2.24, 2.45) is 0 Å². The number of thiophene rings is 1. The van der Waals surface area contributed by atoms with Crippen LogP contribution in [0.15, 0.2) is 48.0 Å². The summed E-state index contributed by atoms with van der Waals surface area (Å²) in [4.78, 5) is 17.6. The Morgan fingerprint density at radius 1 is 1.22 bits per heavy atom. The summed E-state index contributed by atoms with van der Waals surface area (Å²) in [7, 11) is 3.84. The number of hydrogen-bond acceptors (Lipinski definition) is 4. The molecule has 0 saturated carbocycles. The second-order valence-electron chi connectivity index (χ2n) is 6.31. The molecule has 4 nitrogen and oxygen atoms in total. The fraction of sp³-hybridized carbons (Fsp3) is 0.263. The van der Waals surface area contributed by atoms with Crippen LogP contribution in [0.1, 0.15) is 27.7 Å². The Morgan fingerprint density at radius 3 is 2.59 bits per heavy atom. The molecule has 1 N–H and O–H groups in total. The van der Waals surface area contributed by atoms with E-state index in [2.05, 4.69) is 15.7 Å². The second kappa shape index (κ2) is 7.66. The molecule has 0 radical (unpaired) electrons. The van der Waals surface area contributed by atoms with E-state index < -0.39 is 17.8 Å². The van der Waals surface area contributed by atoms with Crippen molar-refractivity contribution in [1.82, 2.24) is 15.2 Å². The van der Waals surface area contributed by atoms with Crippen LogP contribution in [0, 0.1) is 0 Å². The number of fused-ring (bicyclic) bond motifs is 1. The van der Waals surface area contributed by atoms with Crippen LogP contribution in [0.5, 0.6) is 0 Å². The Balaban J connectivity index is 1.74. The van der Waals surface area contributed by atoms with E-state index in [-0.39, 0.29) is 11.6 Å². The summed E-state index contributed by atoms with van der Waals surface area (Å²) < 4.78 is 38.9. The van der Waals surface area contributed by atoms with Crippen LogP contribution in [-0.2, 0) is 6.18 Å². The average Bonchev–Trinajstić information content (AvgIpc) is 3.05. The van der Waals surface area contributed by atoms with Crippen molar-refractivity contribution in [3.05, 3.63) is 64.8 Å². The number of nitrogens with zero attached hydrogens (tertiary/aromatic N) is 2. The molecule has 1 unspecified atom stereocenters. The van der Waals surface area contributed by atoms with Crippen LogP contribution in [0.2, 0.25) is 0 Å². The molecule has 0 aliphatic heterocycles. The summed E-state index contributed by atoms with van der Waals surface area (Å²) in [6, 6.07) is 9.92. The zero-order valence-electron chi connectivity index (χ0n) is 14.7. The van der Waals surface area contributed by atoms with E-state index in [1.807, 2.05) is 43.3 Å². The highest BCUT2D eigenvalue weighted by atomic mass is 32.1. The summed E-state index contributed by atoms with van der Waals surface area (Å²) in [5.74, 6) is -0.456. The lowest BCUT2D eigenvalue weighted by molar-refractivity contribution is -0.141. The number of benzene rings is 1. The van der Waals surface area contributed by atoms with Crippen molar-refractivity contribution >= 4 is 27.3 Å². The fourth-order valence-electron chi connectivity index (χ4n) is 2.81. The first-order valence-electron chi connectivity index (χ1n) is 8.21. The minimum atomic E-state index is -4.52. The van der Waals surface area contributed by atoms with Gasteiger partial charge in [-0.1, -0.05) is 18.2 Å². The number of aromatic nitrogens is 1. The Hall–Kier alpha value is -2.45. The van der Waals surface area contributed by atoms with Gasteiger partial charge in [0.2, 0.25) is 0 Å². The number of carbonyl (C=O) groups excluding carboxylic acids is 1. The minimum Gasteiger partial charge on any atom is -0.350 e. The molecule has 2 heterocycles. The molecule has 27 heavy (non-hydrogen) atoms. The fourth-order valence-corrected chi connectivity index (χ4v) is 3.82. The number of amides is 1. The number of nitrogens with one attached hydrogen (secondary N) is 1. The van der Waals surface area contributed by atoms with Gasteiger partial charge in [-0.25, -0.2) is 0 Å². The lowest BCUT2D eigenvalue weighted by atomic mass is 10.0. The van der Waals surface area contributed by atoms with Crippen molar-refractivity contribution in [3.8, 4) is 0 Å². The first-order chi connectivity index (χ1) is 12.8. The lowest BCUT2D eigenvalue weighted by Gasteiger charge is -2.24. The monoisotopic (exact) mass is 393 g/mol. The highest BCUT2D eigenvalue weighted by molar-refractivity contribution is 7.17. The van der Waals surface area contributed by atoms with Crippen molar-refractivity contribution in [2.45, 2.75) is 12.2 Å². The van der Waals surface area contributed by atoms with Crippen molar-refractivity contribution < 1.29 is 18.0 Å². The number of likely N-dealkylation sites (N-methyl/N-ethyl adjacent to an activating group) is 1. The van der Waals surface area contributed by atoms with Gasteiger partial charge < -0.3 is 10.2 Å². The van der Waals surface area contributed by atoms with Gasteiger partial charge in [-0.2, -0.15) is 13.2 Å². The highest BCUT2D eigenvalue weighted by Crippen LogP contribution is 2.32. The third kappa shape index (κ3) is 4.28. The molecule has 142 valence electrons. The molecule has 1 atom stereocenters. The molecule has 0 saturated heterocycles. The number of pyridine rings is 1. The van der Waals surface area contributed by atoms with E-state index in [1.54, 1.807) is 11.3 Å². The molecular formula is C19H18F3N3OS. The quantitative estimate of drug-likeness (QED) is 0.701. The molecular weight excluding hydrogens is 375 g/mol. The number of alkyl halides is 3. The standard InChI is InChI=1S/C19H18F3N3OS/c1-25(2)15(14-11-27-16-6-4-3-5-13(14)16)10-24-18(26)12-7-8-17(23-9-12)19(20,21)22/h3-9,11,15H,10H2,1-2H3,(H,24,26).